The molecule has 1 saturated carbocycles. The van der Waals surface area contributed by atoms with Gasteiger partial charge in [0.05, 0.1) is 12.0 Å². The normalized spacial score (nSPS) is 16.4. The number of amides is 1. The Morgan fingerprint density at radius 1 is 1.33 bits per heavy atom. The first-order chi connectivity index (χ1) is 11.0. The van der Waals surface area contributed by atoms with E-state index in [-0.39, 0.29) is 35.3 Å². The second-order valence-electron chi connectivity index (χ2n) is 6.20. The van der Waals surface area contributed by atoms with E-state index in [1.165, 1.54) is 0 Å². The molecule has 1 aliphatic rings. The van der Waals surface area contributed by atoms with Crippen LogP contribution in [0.25, 0.3) is 0 Å². The second kappa shape index (κ2) is 9.19. The lowest BCUT2D eigenvalue weighted by atomic mass is 9.84. The van der Waals surface area contributed by atoms with E-state index in [1.54, 1.807) is 18.9 Å². The molecule has 2 N–H and O–H groups in total. The number of nitrogens with zero attached hydrogens (tertiary/aromatic N) is 4. The molecule has 1 heterocycles. The van der Waals surface area contributed by atoms with Crippen molar-refractivity contribution >= 4 is 35.8 Å². The zero-order chi connectivity index (χ0) is 16.9. The zero-order valence-corrected chi connectivity index (χ0v) is 17.1. The molecule has 0 spiro atoms. The van der Waals surface area contributed by atoms with Gasteiger partial charge in [0.25, 0.3) is 0 Å². The molecule has 2 rings (SSSR count). The molecule has 0 radical (unpaired) electrons. The highest BCUT2D eigenvalue weighted by Crippen LogP contribution is 2.38. The van der Waals surface area contributed by atoms with E-state index in [1.807, 2.05) is 14.1 Å². The molecule has 0 aliphatic heterocycles. The van der Waals surface area contributed by atoms with Gasteiger partial charge in [-0.05, 0) is 12.8 Å². The Bertz CT molecular complexity index is 566. The van der Waals surface area contributed by atoms with E-state index in [2.05, 4.69) is 25.8 Å². The van der Waals surface area contributed by atoms with Crippen LogP contribution >= 0.6 is 24.0 Å². The van der Waals surface area contributed by atoms with Gasteiger partial charge in [0.2, 0.25) is 11.8 Å². The van der Waals surface area contributed by atoms with Crippen LogP contribution in [0.4, 0.5) is 0 Å². The number of guanidine groups is 1. The number of aryl methyl sites for hydroxylation is 1. The molecular formula is C15H27IN6O2. The Hall–Kier alpha value is -1.39. The average Bonchev–Trinajstić information content (AvgIpc) is 3.16. The van der Waals surface area contributed by atoms with Crippen LogP contribution in [0.5, 0.6) is 0 Å². The first kappa shape index (κ1) is 20.7. The fourth-order valence-electron chi connectivity index (χ4n) is 3.04. The van der Waals surface area contributed by atoms with Crippen molar-refractivity contribution in [2.45, 2.75) is 39.2 Å². The SMILES string of the molecule is CN=C(NCc1noc(C)n1)NCC1(C(=O)N(C)C)CCCC1.I. The number of hydrogen-bond donors (Lipinski definition) is 2. The molecule has 1 fully saturated rings. The van der Waals surface area contributed by atoms with Crippen LogP contribution in [-0.2, 0) is 11.3 Å². The van der Waals surface area contributed by atoms with Crippen molar-refractivity contribution in [1.82, 2.24) is 25.7 Å². The summed E-state index contributed by atoms with van der Waals surface area (Å²) in [5.74, 6) is 1.92. The van der Waals surface area contributed by atoms with E-state index < -0.39 is 0 Å². The summed E-state index contributed by atoms with van der Waals surface area (Å²) in [6, 6.07) is 0. The van der Waals surface area contributed by atoms with Crippen molar-refractivity contribution in [3.8, 4) is 0 Å². The summed E-state index contributed by atoms with van der Waals surface area (Å²) in [7, 11) is 5.33. The number of nitrogens with one attached hydrogen (secondary N) is 2. The van der Waals surface area contributed by atoms with Crippen LogP contribution in [0.2, 0.25) is 0 Å². The molecule has 0 atom stereocenters. The number of hydrogen-bond acceptors (Lipinski definition) is 5. The average molecular weight is 450 g/mol. The van der Waals surface area contributed by atoms with Crippen LogP contribution < -0.4 is 10.6 Å². The number of aromatic nitrogens is 2. The van der Waals surface area contributed by atoms with E-state index >= 15 is 0 Å². The van der Waals surface area contributed by atoms with Gasteiger partial charge in [0.1, 0.15) is 0 Å². The lowest BCUT2D eigenvalue weighted by Crippen LogP contribution is -2.49. The summed E-state index contributed by atoms with van der Waals surface area (Å²) >= 11 is 0. The number of carbonyl (C=O) groups excluding carboxylic acids is 1. The molecule has 0 saturated heterocycles. The Morgan fingerprint density at radius 3 is 2.50 bits per heavy atom. The van der Waals surface area contributed by atoms with Crippen molar-refractivity contribution in [3.05, 3.63) is 11.7 Å². The van der Waals surface area contributed by atoms with Crippen molar-refractivity contribution in [2.24, 2.45) is 10.4 Å². The summed E-state index contributed by atoms with van der Waals surface area (Å²) in [5.41, 5.74) is -0.330. The molecule has 0 bridgehead atoms. The Labute approximate surface area is 159 Å². The monoisotopic (exact) mass is 450 g/mol. The van der Waals surface area contributed by atoms with Gasteiger partial charge in [-0.3, -0.25) is 9.79 Å². The molecule has 1 amide bonds. The predicted molar refractivity (Wildman–Crippen MR) is 102 cm³/mol. The van der Waals surface area contributed by atoms with Crippen LogP contribution in [0.1, 0.15) is 37.4 Å². The molecule has 0 aromatic carbocycles. The lowest BCUT2D eigenvalue weighted by Gasteiger charge is -2.31. The third kappa shape index (κ3) is 5.05. The van der Waals surface area contributed by atoms with Crippen molar-refractivity contribution in [1.29, 1.82) is 0 Å². The number of halogens is 1. The van der Waals surface area contributed by atoms with Crippen LogP contribution in [0, 0.1) is 12.3 Å². The molecule has 1 aromatic heterocycles. The van der Waals surface area contributed by atoms with E-state index in [9.17, 15) is 4.79 Å². The highest BCUT2D eigenvalue weighted by Gasteiger charge is 2.42. The molecule has 136 valence electrons. The highest BCUT2D eigenvalue weighted by molar-refractivity contribution is 14.0. The molecule has 0 unspecified atom stereocenters. The topological polar surface area (TPSA) is 95.6 Å². The standard InChI is InChI=1S/C15H26N6O2.HI/c1-11-19-12(20-23-11)9-17-14(16-2)18-10-15(7-5-6-8-15)13(22)21(3)4;/h5-10H2,1-4H3,(H2,16,17,18);1H. The first-order valence-corrected chi connectivity index (χ1v) is 7.92. The van der Waals surface area contributed by atoms with Crippen molar-refractivity contribution < 1.29 is 9.32 Å². The Morgan fingerprint density at radius 2 is 2.00 bits per heavy atom. The van der Waals surface area contributed by atoms with Gasteiger partial charge in [0.15, 0.2) is 11.8 Å². The maximum Gasteiger partial charge on any atom is 0.230 e. The summed E-state index contributed by atoms with van der Waals surface area (Å²) in [5, 5.41) is 10.2. The maximum absolute atomic E-state index is 12.5. The van der Waals surface area contributed by atoms with Gasteiger partial charge in [0, 0.05) is 34.6 Å². The van der Waals surface area contributed by atoms with Gasteiger partial charge in [-0.1, -0.05) is 18.0 Å². The van der Waals surface area contributed by atoms with Crippen molar-refractivity contribution in [2.75, 3.05) is 27.7 Å². The van der Waals surface area contributed by atoms with E-state index in [0.717, 1.165) is 25.7 Å². The van der Waals surface area contributed by atoms with Gasteiger partial charge in [-0.25, -0.2) is 0 Å². The predicted octanol–water partition coefficient (Wildman–Crippen LogP) is 1.31. The van der Waals surface area contributed by atoms with Crippen LogP contribution in [-0.4, -0.2) is 54.6 Å². The van der Waals surface area contributed by atoms with E-state index in [0.29, 0.717) is 30.8 Å². The molecule has 1 aliphatic carbocycles. The largest absolute Gasteiger partial charge is 0.355 e. The highest BCUT2D eigenvalue weighted by atomic mass is 127. The molecular weight excluding hydrogens is 423 g/mol. The fourth-order valence-corrected chi connectivity index (χ4v) is 3.04. The Balaban J connectivity index is 0.00000288. The van der Waals surface area contributed by atoms with Gasteiger partial charge in [-0.2, -0.15) is 4.98 Å². The minimum Gasteiger partial charge on any atom is -0.355 e. The summed E-state index contributed by atoms with van der Waals surface area (Å²) in [6.45, 7) is 2.75. The summed E-state index contributed by atoms with van der Waals surface area (Å²) in [4.78, 5) is 22.6. The molecule has 8 nitrogen and oxygen atoms in total. The minimum absolute atomic E-state index is 0. The number of rotatable bonds is 5. The molecule has 1 aromatic rings. The molecule has 9 heteroatoms. The molecule has 24 heavy (non-hydrogen) atoms. The zero-order valence-electron chi connectivity index (χ0n) is 14.8. The maximum atomic E-state index is 12.5. The van der Waals surface area contributed by atoms with Crippen LogP contribution in [0.3, 0.4) is 0 Å². The smallest absolute Gasteiger partial charge is 0.230 e. The van der Waals surface area contributed by atoms with Gasteiger partial charge < -0.3 is 20.1 Å². The Kier molecular flexibility index (Phi) is 7.91. The van der Waals surface area contributed by atoms with Crippen molar-refractivity contribution in [3.63, 3.8) is 0 Å². The van der Waals surface area contributed by atoms with Crippen LogP contribution in [0.15, 0.2) is 9.52 Å². The number of carbonyl (C=O) groups is 1. The quantitative estimate of drug-likeness (QED) is 0.399. The first-order valence-electron chi connectivity index (χ1n) is 7.92. The number of aliphatic imine (C=N–C) groups is 1. The summed E-state index contributed by atoms with van der Waals surface area (Å²) in [6.07, 6.45) is 4.01. The minimum atomic E-state index is -0.330. The summed E-state index contributed by atoms with van der Waals surface area (Å²) < 4.78 is 4.93. The second-order valence-corrected chi connectivity index (χ2v) is 6.20. The van der Waals surface area contributed by atoms with Gasteiger partial charge >= 0.3 is 0 Å². The fraction of sp³-hybridized carbons (Fsp3) is 0.733. The van der Waals surface area contributed by atoms with E-state index in [4.69, 9.17) is 4.52 Å². The third-order valence-corrected chi connectivity index (χ3v) is 4.22. The lowest BCUT2D eigenvalue weighted by molar-refractivity contribution is -0.138. The third-order valence-electron chi connectivity index (χ3n) is 4.22. The van der Waals surface area contributed by atoms with Gasteiger partial charge in [-0.15, -0.1) is 24.0 Å².